The summed E-state index contributed by atoms with van der Waals surface area (Å²) in [7, 11) is 0. The highest BCUT2D eigenvalue weighted by Gasteiger charge is 2.12. The van der Waals surface area contributed by atoms with E-state index in [1.54, 1.807) is 0 Å². The van der Waals surface area contributed by atoms with Gasteiger partial charge in [-0.05, 0) is 19.1 Å². The minimum absolute atomic E-state index is 0.349. The summed E-state index contributed by atoms with van der Waals surface area (Å²) < 4.78 is 6.73. The van der Waals surface area contributed by atoms with Gasteiger partial charge in [-0.3, -0.25) is 0 Å². The quantitative estimate of drug-likeness (QED) is 0.683. The predicted octanol–water partition coefficient (Wildman–Crippen LogP) is 2.10. The molecule has 3 aromatic rings. The summed E-state index contributed by atoms with van der Waals surface area (Å²) in [5, 5.41) is 3.80. The van der Waals surface area contributed by atoms with Crippen molar-refractivity contribution in [3.63, 3.8) is 0 Å². The summed E-state index contributed by atoms with van der Waals surface area (Å²) >= 11 is 5.94. The molecule has 0 amide bonds. The van der Waals surface area contributed by atoms with Crippen LogP contribution in [-0.2, 0) is 18.8 Å². The molecule has 0 aliphatic heterocycles. The van der Waals surface area contributed by atoms with Crippen molar-refractivity contribution in [3.8, 4) is 0 Å². The predicted molar refractivity (Wildman–Crippen MR) is 69.8 cm³/mol. The molecule has 0 aliphatic rings. The lowest BCUT2D eigenvalue weighted by Crippen LogP contribution is -2.07. The molecule has 7 heteroatoms. The number of rotatable bonds is 4. The molecule has 6 nitrogen and oxygen atoms in total. The van der Waals surface area contributed by atoms with E-state index in [0.29, 0.717) is 24.7 Å². The van der Waals surface area contributed by atoms with Gasteiger partial charge in [0.25, 0.3) is 0 Å². The van der Waals surface area contributed by atoms with Gasteiger partial charge in [-0.2, -0.15) is 4.98 Å². The van der Waals surface area contributed by atoms with Crippen LogP contribution < -0.4 is 0 Å². The minimum atomic E-state index is 0.349. The zero-order valence-electron chi connectivity index (χ0n) is 10.4. The third kappa shape index (κ3) is 2.31. The van der Waals surface area contributed by atoms with Crippen LogP contribution in [0.2, 0.25) is 0 Å². The SMILES string of the molecule is Cc1ccc2nc(CCl)n(CCc3ncon3)c2n1. The smallest absolute Gasteiger partial charge is 0.213 e. The second kappa shape index (κ2) is 4.97. The fourth-order valence-corrected chi connectivity index (χ4v) is 2.20. The number of aromatic nitrogens is 5. The topological polar surface area (TPSA) is 69.6 Å². The van der Waals surface area contributed by atoms with E-state index >= 15 is 0 Å². The van der Waals surface area contributed by atoms with E-state index in [-0.39, 0.29) is 0 Å². The van der Waals surface area contributed by atoms with E-state index in [1.165, 1.54) is 6.39 Å². The van der Waals surface area contributed by atoms with Crippen LogP contribution in [0.1, 0.15) is 17.3 Å². The monoisotopic (exact) mass is 277 g/mol. The first-order chi connectivity index (χ1) is 9.28. The molecule has 0 unspecified atom stereocenters. The Balaban J connectivity index is 1.97. The van der Waals surface area contributed by atoms with Crippen LogP contribution in [0.5, 0.6) is 0 Å². The molecule has 0 aromatic carbocycles. The van der Waals surface area contributed by atoms with Gasteiger partial charge in [-0.25, -0.2) is 9.97 Å². The Labute approximate surface area is 114 Å². The van der Waals surface area contributed by atoms with E-state index in [2.05, 4.69) is 20.1 Å². The number of pyridine rings is 1. The normalized spacial score (nSPS) is 11.3. The maximum atomic E-state index is 5.94. The molecule has 0 spiro atoms. The first kappa shape index (κ1) is 12.1. The summed E-state index contributed by atoms with van der Waals surface area (Å²) in [4.78, 5) is 13.0. The molecular weight excluding hydrogens is 266 g/mol. The lowest BCUT2D eigenvalue weighted by Gasteiger charge is -2.05. The zero-order chi connectivity index (χ0) is 13.2. The van der Waals surface area contributed by atoms with Crippen molar-refractivity contribution in [2.24, 2.45) is 0 Å². The molecule has 3 heterocycles. The second-order valence-electron chi connectivity index (χ2n) is 4.21. The van der Waals surface area contributed by atoms with Gasteiger partial charge >= 0.3 is 0 Å². The summed E-state index contributed by atoms with van der Waals surface area (Å²) in [5.74, 6) is 1.81. The van der Waals surface area contributed by atoms with Crippen molar-refractivity contribution in [2.45, 2.75) is 25.8 Å². The summed E-state index contributed by atoms with van der Waals surface area (Å²) in [6, 6.07) is 3.90. The molecule has 3 aromatic heterocycles. The molecule has 0 N–H and O–H groups in total. The summed E-state index contributed by atoms with van der Waals surface area (Å²) in [6.07, 6.45) is 1.98. The molecule has 98 valence electrons. The number of hydrogen-bond acceptors (Lipinski definition) is 5. The van der Waals surface area contributed by atoms with E-state index < -0.39 is 0 Å². The van der Waals surface area contributed by atoms with Crippen LogP contribution in [-0.4, -0.2) is 24.7 Å². The van der Waals surface area contributed by atoms with Gasteiger partial charge < -0.3 is 9.09 Å². The van der Waals surface area contributed by atoms with Gasteiger partial charge in [-0.1, -0.05) is 5.16 Å². The van der Waals surface area contributed by atoms with Crippen molar-refractivity contribution in [1.82, 2.24) is 24.7 Å². The number of fused-ring (bicyclic) bond motifs is 1. The maximum absolute atomic E-state index is 5.94. The van der Waals surface area contributed by atoms with Crippen LogP contribution in [0.25, 0.3) is 11.2 Å². The van der Waals surface area contributed by atoms with E-state index in [0.717, 1.165) is 22.7 Å². The minimum Gasteiger partial charge on any atom is -0.343 e. The second-order valence-corrected chi connectivity index (χ2v) is 4.47. The van der Waals surface area contributed by atoms with E-state index in [9.17, 15) is 0 Å². The molecule has 0 bridgehead atoms. The summed E-state index contributed by atoms with van der Waals surface area (Å²) in [5.41, 5.74) is 2.66. The maximum Gasteiger partial charge on any atom is 0.213 e. The standard InChI is InChI=1S/C12H12ClN5O/c1-8-2-3-9-12(15-8)18(11(6-13)16-9)5-4-10-14-7-19-17-10/h2-3,7H,4-6H2,1H3. The van der Waals surface area contributed by atoms with Gasteiger partial charge in [0.05, 0.1) is 5.88 Å². The summed E-state index contributed by atoms with van der Waals surface area (Å²) in [6.45, 7) is 2.63. The number of nitrogens with zero attached hydrogens (tertiary/aromatic N) is 5. The Morgan fingerprint density at radius 3 is 2.95 bits per heavy atom. The molecule has 0 saturated heterocycles. The molecule has 0 atom stereocenters. The highest BCUT2D eigenvalue weighted by molar-refractivity contribution is 6.16. The van der Waals surface area contributed by atoms with Crippen molar-refractivity contribution < 1.29 is 4.52 Å². The highest BCUT2D eigenvalue weighted by atomic mass is 35.5. The van der Waals surface area contributed by atoms with E-state index in [1.807, 2.05) is 23.6 Å². The fraction of sp³-hybridized carbons (Fsp3) is 0.333. The van der Waals surface area contributed by atoms with Crippen molar-refractivity contribution >= 4 is 22.8 Å². The number of imidazole rings is 1. The van der Waals surface area contributed by atoms with Gasteiger partial charge in [0.2, 0.25) is 6.39 Å². The third-order valence-electron chi connectivity index (χ3n) is 2.90. The van der Waals surface area contributed by atoms with Gasteiger partial charge in [0.15, 0.2) is 11.5 Å². The van der Waals surface area contributed by atoms with Crippen molar-refractivity contribution in [3.05, 3.63) is 35.9 Å². The molecule has 3 rings (SSSR count). The Morgan fingerprint density at radius 2 is 2.21 bits per heavy atom. The van der Waals surface area contributed by atoms with E-state index in [4.69, 9.17) is 16.1 Å². The first-order valence-electron chi connectivity index (χ1n) is 5.92. The zero-order valence-corrected chi connectivity index (χ0v) is 11.1. The average molecular weight is 278 g/mol. The fourth-order valence-electron chi connectivity index (χ4n) is 1.99. The van der Waals surface area contributed by atoms with Crippen molar-refractivity contribution in [2.75, 3.05) is 0 Å². The molecule has 19 heavy (non-hydrogen) atoms. The lowest BCUT2D eigenvalue weighted by atomic mass is 10.3. The number of halogens is 1. The van der Waals surface area contributed by atoms with Crippen LogP contribution >= 0.6 is 11.6 Å². The van der Waals surface area contributed by atoms with Crippen molar-refractivity contribution in [1.29, 1.82) is 0 Å². The lowest BCUT2D eigenvalue weighted by molar-refractivity contribution is 0.408. The van der Waals surface area contributed by atoms with Crippen LogP contribution in [0.15, 0.2) is 23.0 Å². The van der Waals surface area contributed by atoms with Gasteiger partial charge in [-0.15, -0.1) is 11.6 Å². The Hall–Kier alpha value is -1.95. The Kier molecular flexibility index (Phi) is 3.16. The van der Waals surface area contributed by atoms with Crippen LogP contribution in [0.3, 0.4) is 0 Å². The number of alkyl halides is 1. The van der Waals surface area contributed by atoms with Crippen LogP contribution in [0, 0.1) is 6.92 Å². The third-order valence-corrected chi connectivity index (χ3v) is 3.14. The van der Waals surface area contributed by atoms with Gasteiger partial charge in [0, 0.05) is 18.7 Å². The van der Waals surface area contributed by atoms with Gasteiger partial charge in [0.1, 0.15) is 11.3 Å². The number of aryl methyl sites for hydroxylation is 3. The van der Waals surface area contributed by atoms with Crippen LogP contribution in [0.4, 0.5) is 0 Å². The largest absolute Gasteiger partial charge is 0.343 e. The molecule has 0 radical (unpaired) electrons. The Bertz CT molecular complexity index is 692. The number of hydrogen-bond donors (Lipinski definition) is 0. The Morgan fingerprint density at radius 1 is 1.32 bits per heavy atom. The first-order valence-corrected chi connectivity index (χ1v) is 6.45. The molecule has 0 saturated carbocycles. The highest BCUT2D eigenvalue weighted by Crippen LogP contribution is 2.16. The molecule has 0 aliphatic carbocycles. The molecular formula is C12H12ClN5O. The average Bonchev–Trinajstić information content (AvgIpc) is 3.03. The molecule has 0 fully saturated rings.